The number of halogens is 3. The summed E-state index contributed by atoms with van der Waals surface area (Å²) in [4.78, 5) is 26.5. The van der Waals surface area contributed by atoms with Crippen molar-refractivity contribution in [2.45, 2.75) is 44.9 Å². The van der Waals surface area contributed by atoms with Gasteiger partial charge >= 0.3 is 6.18 Å². The second-order valence-electron chi connectivity index (χ2n) is 8.78. The normalized spacial score (nSPS) is 17.7. The maximum absolute atomic E-state index is 13.3. The topological polar surface area (TPSA) is 88.1 Å². The largest absolute Gasteiger partial charge is 0.486 e. The van der Waals surface area contributed by atoms with E-state index in [1.54, 1.807) is 18.2 Å². The van der Waals surface area contributed by atoms with Gasteiger partial charge in [0.25, 0.3) is 5.91 Å². The molecule has 10 heteroatoms. The molecule has 2 aliphatic heterocycles. The highest BCUT2D eigenvalue weighted by atomic mass is 19.4. The molecule has 0 atom stereocenters. The van der Waals surface area contributed by atoms with Gasteiger partial charge in [-0.25, -0.2) is 0 Å². The molecule has 0 aliphatic carbocycles. The van der Waals surface area contributed by atoms with Crippen molar-refractivity contribution in [1.82, 2.24) is 0 Å². The van der Waals surface area contributed by atoms with Gasteiger partial charge in [-0.05, 0) is 48.7 Å². The van der Waals surface area contributed by atoms with E-state index in [1.807, 2.05) is 13.8 Å². The number of carbonyl (C=O) groups is 2. The molecule has 192 valence electrons. The lowest BCUT2D eigenvalue weighted by atomic mass is 9.83. The van der Waals surface area contributed by atoms with Gasteiger partial charge < -0.3 is 24.8 Å². The number of nitrogens with one attached hydrogen (secondary N) is 1. The highest BCUT2D eigenvalue weighted by Crippen LogP contribution is 2.45. The van der Waals surface area contributed by atoms with Gasteiger partial charge in [-0.15, -0.1) is 0 Å². The molecular weight excluding hydrogens is 477 g/mol. The van der Waals surface area contributed by atoms with Crippen LogP contribution in [-0.4, -0.2) is 42.3 Å². The fourth-order valence-corrected chi connectivity index (χ4v) is 4.49. The lowest BCUT2D eigenvalue weighted by Crippen LogP contribution is -2.40. The lowest BCUT2D eigenvalue weighted by Gasteiger charge is -2.39. The Morgan fingerprint density at radius 3 is 2.58 bits per heavy atom. The van der Waals surface area contributed by atoms with Crippen LogP contribution in [0.3, 0.4) is 0 Å². The van der Waals surface area contributed by atoms with Gasteiger partial charge in [0.2, 0.25) is 5.91 Å². The van der Waals surface area contributed by atoms with E-state index in [4.69, 9.17) is 9.47 Å². The summed E-state index contributed by atoms with van der Waals surface area (Å²) in [6.45, 7) is 3.51. The first-order valence-electron chi connectivity index (χ1n) is 11.7. The van der Waals surface area contributed by atoms with Crippen LogP contribution < -0.4 is 19.7 Å². The van der Waals surface area contributed by atoms with Crippen molar-refractivity contribution in [2.24, 2.45) is 0 Å². The number of fused-ring (bicyclic) bond motifs is 2. The number of carbonyl (C=O) groups excluding carboxylic acids is 2. The van der Waals surface area contributed by atoms with Crippen molar-refractivity contribution in [3.8, 4) is 11.5 Å². The zero-order valence-electron chi connectivity index (χ0n) is 19.9. The quantitative estimate of drug-likeness (QED) is 0.553. The first-order chi connectivity index (χ1) is 17.1. The highest BCUT2D eigenvalue weighted by Gasteiger charge is 2.38. The minimum absolute atomic E-state index is 0.0868. The van der Waals surface area contributed by atoms with E-state index in [1.165, 1.54) is 17.0 Å². The van der Waals surface area contributed by atoms with Crippen molar-refractivity contribution >= 4 is 28.8 Å². The molecule has 0 unspecified atom stereocenters. The molecule has 4 rings (SSSR count). The van der Waals surface area contributed by atoms with E-state index >= 15 is 0 Å². The smallest absolute Gasteiger partial charge is 0.416 e. The van der Waals surface area contributed by atoms with E-state index in [-0.39, 0.29) is 31.4 Å². The van der Waals surface area contributed by atoms with Crippen LogP contribution in [0.1, 0.15) is 44.2 Å². The molecule has 0 aromatic heterocycles. The number of hydrogen-bond donors (Lipinski definition) is 2. The number of aliphatic hydroxyl groups excluding tert-OH is 1. The van der Waals surface area contributed by atoms with E-state index < -0.39 is 23.2 Å². The number of ether oxygens (including phenoxy) is 2. The fraction of sp³-hybridized carbons (Fsp3) is 0.385. The summed E-state index contributed by atoms with van der Waals surface area (Å²) in [7, 11) is 0. The van der Waals surface area contributed by atoms with Gasteiger partial charge in [0, 0.05) is 30.3 Å². The van der Waals surface area contributed by atoms with Crippen LogP contribution >= 0.6 is 0 Å². The molecule has 7 nitrogen and oxygen atoms in total. The van der Waals surface area contributed by atoms with E-state index in [9.17, 15) is 27.9 Å². The van der Waals surface area contributed by atoms with Crippen LogP contribution in [-0.2, 0) is 15.8 Å². The van der Waals surface area contributed by atoms with Crippen molar-refractivity contribution in [3.63, 3.8) is 0 Å². The van der Waals surface area contributed by atoms with Crippen LogP contribution in [0.2, 0.25) is 0 Å². The molecule has 0 saturated heterocycles. The molecule has 2 amide bonds. The predicted octanol–water partition coefficient (Wildman–Crippen LogP) is 4.79. The average molecular weight is 505 g/mol. The van der Waals surface area contributed by atoms with Gasteiger partial charge in [0.05, 0.1) is 17.9 Å². The Labute approximate surface area is 206 Å². The minimum atomic E-state index is -4.51. The molecule has 36 heavy (non-hydrogen) atoms. The second-order valence-corrected chi connectivity index (χ2v) is 8.78. The number of rotatable bonds is 6. The van der Waals surface area contributed by atoms with E-state index in [0.29, 0.717) is 47.5 Å². The molecule has 2 heterocycles. The van der Waals surface area contributed by atoms with Crippen LogP contribution in [0, 0.1) is 0 Å². The maximum Gasteiger partial charge on any atom is 0.416 e. The Morgan fingerprint density at radius 1 is 1.17 bits per heavy atom. The van der Waals surface area contributed by atoms with Gasteiger partial charge in [-0.1, -0.05) is 19.9 Å². The predicted molar refractivity (Wildman–Crippen MR) is 128 cm³/mol. The van der Waals surface area contributed by atoms with Crippen molar-refractivity contribution in [3.05, 3.63) is 53.6 Å². The maximum atomic E-state index is 13.3. The third-order valence-corrected chi connectivity index (χ3v) is 6.58. The van der Waals surface area contributed by atoms with Crippen molar-refractivity contribution in [1.29, 1.82) is 0 Å². The fourth-order valence-electron chi connectivity index (χ4n) is 4.49. The van der Waals surface area contributed by atoms with Crippen LogP contribution in [0.4, 0.5) is 24.5 Å². The Bertz CT molecular complexity index is 1200. The van der Waals surface area contributed by atoms with Gasteiger partial charge in [0.1, 0.15) is 17.1 Å². The van der Waals surface area contributed by atoms with Crippen molar-refractivity contribution < 1.29 is 37.3 Å². The number of aliphatic hydroxyl groups is 1. The average Bonchev–Trinajstić information content (AvgIpc) is 2.84. The molecule has 2 aliphatic rings. The summed E-state index contributed by atoms with van der Waals surface area (Å²) in [6.07, 6.45) is -1.67. The Hall–Kier alpha value is -3.53. The molecule has 2 aromatic carbocycles. The molecule has 0 bridgehead atoms. The number of hydrogen-bond acceptors (Lipinski definition) is 5. The third-order valence-electron chi connectivity index (χ3n) is 6.58. The Morgan fingerprint density at radius 2 is 1.92 bits per heavy atom. The van der Waals surface area contributed by atoms with Crippen LogP contribution in [0.15, 0.2) is 42.5 Å². The summed E-state index contributed by atoms with van der Waals surface area (Å²) >= 11 is 0. The van der Waals surface area contributed by atoms with Gasteiger partial charge in [0.15, 0.2) is 6.61 Å². The van der Waals surface area contributed by atoms with Crippen LogP contribution in [0.25, 0.3) is 5.57 Å². The summed E-state index contributed by atoms with van der Waals surface area (Å²) in [6, 6.07) is 8.12. The summed E-state index contributed by atoms with van der Waals surface area (Å²) in [5.41, 5.74) is 0.300. The Kier molecular flexibility index (Phi) is 6.99. The summed E-state index contributed by atoms with van der Waals surface area (Å²) < 4.78 is 51.4. The Balaban J connectivity index is 1.65. The van der Waals surface area contributed by atoms with Crippen molar-refractivity contribution in [2.75, 3.05) is 30.0 Å². The SMILES string of the molecule is CCC1(CC)CC(=CC(=O)Nc2ccc3c(c2)N(CCO)C(=O)CO3)c2ccc(C(F)(F)F)cc2O1. The first-order valence-corrected chi connectivity index (χ1v) is 11.7. The number of alkyl halides is 3. The highest BCUT2D eigenvalue weighted by molar-refractivity contribution is 6.05. The van der Waals surface area contributed by atoms with E-state index in [2.05, 4.69) is 5.32 Å². The second kappa shape index (κ2) is 9.85. The lowest BCUT2D eigenvalue weighted by molar-refractivity contribution is -0.137. The third kappa shape index (κ3) is 5.04. The molecular formula is C26H27F3N2O5. The molecule has 0 radical (unpaired) electrons. The number of anilines is 2. The first kappa shape index (κ1) is 25.6. The van der Waals surface area contributed by atoms with Crippen LogP contribution in [0.5, 0.6) is 11.5 Å². The summed E-state index contributed by atoms with van der Waals surface area (Å²) in [5.74, 6) is -0.234. The molecule has 2 aromatic rings. The minimum Gasteiger partial charge on any atom is -0.486 e. The molecule has 0 spiro atoms. The summed E-state index contributed by atoms with van der Waals surface area (Å²) in [5, 5.41) is 12.1. The van der Waals surface area contributed by atoms with E-state index in [0.717, 1.165) is 12.1 Å². The molecule has 0 fully saturated rings. The zero-order chi connectivity index (χ0) is 26.1. The van der Waals surface area contributed by atoms with Gasteiger partial charge in [-0.2, -0.15) is 13.2 Å². The number of β-amino-alcohol motifs (C(OH)–C–C–N with tert-alkyl or cyclic N) is 1. The zero-order valence-corrected chi connectivity index (χ0v) is 19.9. The number of amides is 2. The standard InChI is InChI=1S/C26H27F3N2O5/c1-3-25(4-2)14-16(19-7-5-17(26(27,28)29)12-22(19)36-25)11-23(33)30-18-6-8-21-20(13-18)31(9-10-32)24(34)15-35-21/h5-8,11-13,32H,3-4,9-10,14-15H2,1-2H3,(H,30,33). The molecule has 2 N–H and O–H groups in total. The monoisotopic (exact) mass is 504 g/mol. The van der Waals surface area contributed by atoms with Gasteiger partial charge in [-0.3, -0.25) is 9.59 Å². The number of benzene rings is 2. The number of nitrogens with zero attached hydrogens (tertiary/aromatic N) is 1. The molecule has 0 saturated carbocycles.